The van der Waals surface area contributed by atoms with Gasteiger partial charge in [-0.1, -0.05) is 17.7 Å². The zero-order valence-electron chi connectivity index (χ0n) is 12.5. The molecule has 1 aromatic carbocycles. The maximum Gasteiger partial charge on any atom is 0.0299 e. The summed E-state index contributed by atoms with van der Waals surface area (Å²) in [6, 6.07) is 5.41. The molecule has 3 heteroatoms. The predicted octanol–water partition coefficient (Wildman–Crippen LogP) is 3.17. The average molecular weight is 279 g/mol. The first-order valence-electron chi connectivity index (χ1n) is 7.16. The molecule has 1 aliphatic heterocycles. The van der Waals surface area contributed by atoms with Crippen LogP contribution in [0, 0.1) is 20.8 Å². The highest BCUT2D eigenvalue weighted by atomic mass is 32.2. The van der Waals surface area contributed by atoms with Gasteiger partial charge in [0.2, 0.25) is 0 Å². The van der Waals surface area contributed by atoms with E-state index in [0.29, 0.717) is 12.1 Å². The van der Waals surface area contributed by atoms with Crippen molar-refractivity contribution in [2.45, 2.75) is 52.6 Å². The minimum Gasteiger partial charge on any atom is -0.307 e. The Labute approximate surface area is 119 Å². The summed E-state index contributed by atoms with van der Waals surface area (Å²) >= 11 is 0. The molecule has 19 heavy (non-hydrogen) atoms. The molecule has 1 aliphatic rings. The number of rotatable bonds is 3. The van der Waals surface area contributed by atoms with Gasteiger partial charge >= 0.3 is 0 Å². The molecule has 1 saturated heterocycles. The summed E-state index contributed by atoms with van der Waals surface area (Å²) in [6.45, 7) is 8.79. The molecule has 2 nitrogen and oxygen atoms in total. The quantitative estimate of drug-likeness (QED) is 0.921. The zero-order valence-corrected chi connectivity index (χ0v) is 13.3. The molecule has 1 atom stereocenters. The minimum absolute atomic E-state index is 0.372. The Kier molecular flexibility index (Phi) is 4.80. The smallest absolute Gasteiger partial charge is 0.0299 e. The fourth-order valence-corrected chi connectivity index (χ4v) is 4.57. The van der Waals surface area contributed by atoms with Crippen LogP contribution in [0.15, 0.2) is 12.1 Å². The average Bonchev–Trinajstić information content (AvgIpc) is 2.30. The lowest BCUT2D eigenvalue weighted by Gasteiger charge is -2.28. The van der Waals surface area contributed by atoms with Crippen LogP contribution >= 0.6 is 0 Å². The van der Waals surface area contributed by atoms with Crippen molar-refractivity contribution in [2.75, 3.05) is 11.5 Å². The molecule has 1 heterocycles. The SMILES string of the molecule is Cc1cc(C)c(C(C)NC2CCS(=O)CC2)c(C)c1. The van der Waals surface area contributed by atoms with Gasteiger partial charge in [0.25, 0.3) is 0 Å². The maximum atomic E-state index is 11.4. The second kappa shape index (κ2) is 6.19. The van der Waals surface area contributed by atoms with Crippen LogP contribution in [-0.2, 0) is 10.8 Å². The molecule has 0 amide bonds. The monoisotopic (exact) mass is 279 g/mol. The molecule has 0 aromatic heterocycles. The van der Waals surface area contributed by atoms with E-state index in [1.165, 1.54) is 22.3 Å². The van der Waals surface area contributed by atoms with Crippen molar-refractivity contribution in [2.24, 2.45) is 0 Å². The van der Waals surface area contributed by atoms with Gasteiger partial charge in [-0.25, -0.2) is 0 Å². The Morgan fingerprint density at radius 2 is 1.68 bits per heavy atom. The first-order chi connectivity index (χ1) is 8.97. The molecule has 2 rings (SSSR count). The molecule has 0 radical (unpaired) electrons. The molecular formula is C16H25NOS. The molecule has 1 fully saturated rings. The summed E-state index contributed by atoms with van der Waals surface area (Å²) in [5, 5.41) is 3.72. The van der Waals surface area contributed by atoms with Crippen molar-refractivity contribution in [1.29, 1.82) is 0 Å². The van der Waals surface area contributed by atoms with E-state index in [-0.39, 0.29) is 0 Å². The van der Waals surface area contributed by atoms with E-state index < -0.39 is 10.8 Å². The van der Waals surface area contributed by atoms with Crippen LogP contribution in [0.5, 0.6) is 0 Å². The Morgan fingerprint density at radius 3 is 2.21 bits per heavy atom. The molecule has 0 aliphatic carbocycles. The summed E-state index contributed by atoms with van der Waals surface area (Å²) in [5.41, 5.74) is 5.50. The second-order valence-corrected chi connectivity index (χ2v) is 7.52. The van der Waals surface area contributed by atoms with Gasteiger partial charge in [-0.05, 0) is 57.2 Å². The zero-order chi connectivity index (χ0) is 14.0. The Hall–Kier alpha value is -0.670. The van der Waals surface area contributed by atoms with Crippen LogP contribution in [0.25, 0.3) is 0 Å². The van der Waals surface area contributed by atoms with E-state index in [1.807, 2.05) is 0 Å². The molecule has 0 saturated carbocycles. The summed E-state index contributed by atoms with van der Waals surface area (Å²) in [7, 11) is -0.572. The van der Waals surface area contributed by atoms with Crippen LogP contribution in [0.3, 0.4) is 0 Å². The highest BCUT2D eigenvalue weighted by molar-refractivity contribution is 7.85. The maximum absolute atomic E-state index is 11.4. The first-order valence-corrected chi connectivity index (χ1v) is 8.65. The predicted molar refractivity (Wildman–Crippen MR) is 83.1 cm³/mol. The van der Waals surface area contributed by atoms with Gasteiger partial charge in [-0.2, -0.15) is 0 Å². The van der Waals surface area contributed by atoms with Gasteiger partial charge in [0.1, 0.15) is 0 Å². The molecular weight excluding hydrogens is 254 g/mol. The van der Waals surface area contributed by atoms with Gasteiger partial charge in [-0.3, -0.25) is 4.21 Å². The van der Waals surface area contributed by atoms with Gasteiger partial charge < -0.3 is 5.32 Å². The largest absolute Gasteiger partial charge is 0.307 e. The van der Waals surface area contributed by atoms with Gasteiger partial charge in [0.15, 0.2) is 0 Å². The van der Waals surface area contributed by atoms with Crippen LogP contribution < -0.4 is 5.32 Å². The van der Waals surface area contributed by atoms with E-state index in [9.17, 15) is 4.21 Å². The Morgan fingerprint density at radius 1 is 1.16 bits per heavy atom. The van der Waals surface area contributed by atoms with E-state index in [4.69, 9.17) is 0 Å². The van der Waals surface area contributed by atoms with Gasteiger partial charge in [-0.15, -0.1) is 0 Å². The lowest BCUT2D eigenvalue weighted by atomic mass is 9.94. The van der Waals surface area contributed by atoms with E-state index in [1.54, 1.807) is 0 Å². The summed E-state index contributed by atoms with van der Waals surface area (Å²) in [5.74, 6) is 1.71. The molecule has 106 valence electrons. The summed E-state index contributed by atoms with van der Waals surface area (Å²) < 4.78 is 11.4. The van der Waals surface area contributed by atoms with Crippen LogP contribution in [-0.4, -0.2) is 21.8 Å². The van der Waals surface area contributed by atoms with E-state index in [0.717, 1.165) is 24.3 Å². The van der Waals surface area contributed by atoms with Crippen LogP contribution in [0.1, 0.15) is 48.1 Å². The van der Waals surface area contributed by atoms with Crippen LogP contribution in [0.2, 0.25) is 0 Å². The topological polar surface area (TPSA) is 29.1 Å². The molecule has 1 N–H and O–H groups in total. The number of hydrogen-bond acceptors (Lipinski definition) is 2. The fourth-order valence-electron chi connectivity index (χ4n) is 3.27. The highest BCUT2D eigenvalue weighted by Gasteiger charge is 2.21. The number of hydrogen-bond donors (Lipinski definition) is 1. The van der Waals surface area contributed by atoms with Crippen LogP contribution in [0.4, 0.5) is 0 Å². The van der Waals surface area contributed by atoms with Gasteiger partial charge in [0, 0.05) is 34.4 Å². The van der Waals surface area contributed by atoms with Crippen molar-refractivity contribution in [3.05, 3.63) is 34.4 Å². The number of aryl methyl sites for hydroxylation is 3. The molecule has 1 unspecified atom stereocenters. The lowest BCUT2D eigenvalue weighted by molar-refractivity contribution is 0.425. The third-order valence-corrected chi connectivity index (χ3v) is 5.43. The third kappa shape index (κ3) is 3.67. The van der Waals surface area contributed by atoms with E-state index in [2.05, 4.69) is 45.1 Å². The molecule has 1 aromatic rings. The number of benzene rings is 1. The van der Waals surface area contributed by atoms with E-state index >= 15 is 0 Å². The first kappa shape index (κ1) is 14.7. The van der Waals surface area contributed by atoms with Crippen molar-refractivity contribution >= 4 is 10.8 Å². The second-order valence-electron chi connectivity index (χ2n) is 5.82. The lowest BCUT2D eigenvalue weighted by Crippen LogP contribution is -2.37. The van der Waals surface area contributed by atoms with Gasteiger partial charge in [0.05, 0.1) is 0 Å². The van der Waals surface area contributed by atoms with Crippen molar-refractivity contribution in [1.82, 2.24) is 5.32 Å². The Bertz CT molecular complexity index is 451. The fraction of sp³-hybridized carbons (Fsp3) is 0.625. The van der Waals surface area contributed by atoms with Crippen molar-refractivity contribution in [3.8, 4) is 0 Å². The van der Waals surface area contributed by atoms with Crippen molar-refractivity contribution in [3.63, 3.8) is 0 Å². The summed E-state index contributed by atoms with van der Waals surface area (Å²) in [4.78, 5) is 0. The minimum atomic E-state index is -0.572. The molecule has 0 bridgehead atoms. The highest BCUT2D eigenvalue weighted by Crippen LogP contribution is 2.25. The Balaban J connectivity index is 2.08. The summed E-state index contributed by atoms with van der Waals surface area (Å²) in [6.07, 6.45) is 2.09. The normalized spacial score (nSPS) is 25.3. The number of nitrogens with one attached hydrogen (secondary N) is 1. The standard InChI is InChI=1S/C16H25NOS/c1-11-9-12(2)16(13(3)10-11)14(4)17-15-5-7-19(18)8-6-15/h9-10,14-15,17H,5-8H2,1-4H3. The third-order valence-electron chi connectivity index (χ3n) is 4.04. The van der Waals surface area contributed by atoms with Crippen molar-refractivity contribution < 1.29 is 4.21 Å². The molecule has 0 spiro atoms.